The molecular weight excluding hydrogens is 251 g/mol. The molecule has 102 valence electrons. The molecule has 0 aliphatic heterocycles. The molecule has 0 heterocycles. The van der Waals surface area contributed by atoms with Crippen molar-refractivity contribution in [1.82, 2.24) is 5.32 Å². The molecule has 5 nitrogen and oxygen atoms in total. The molecule has 6 heteroatoms. The lowest BCUT2D eigenvalue weighted by Gasteiger charge is -2.14. The van der Waals surface area contributed by atoms with Crippen molar-refractivity contribution in [2.45, 2.75) is 19.4 Å². The van der Waals surface area contributed by atoms with Gasteiger partial charge in [-0.05, 0) is 25.0 Å². The van der Waals surface area contributed by atoms with E-state index in [1.54, 1.807) is 13.0 Å². The summed E-state index contributed by atoms with van der Waals surface area (Å²) in [5, 5.41) is 13.4. The molecule has 0 aromatic heterocycles. The Hall–Kier alpha value is -2.37. The second-order valence-electron chi connectivity index (χ2n) is 3.95. The molecule has 1 rings (SSSR count). The average molecular weight is 266 g/mol. The molecule has 1 atom stereocenters. The number of para-hydroxylation sites is 1. The first-order chi connectivity index (χ1) is 8.95. The molecule has 0 radical (unpaired) electrons. The number of rotatable bonds is 5. The van der Waals surface area contributed by atoms with Crippen molar-refractivity contribution in [2.24, 2.45) is 0 Å². The normalized spacial score (nSPS) is 11.5. The average Bonchev–Trinajstić information content (AvgIpc) is 2.33. The van der Waals surface area contributed by atoms with Crippen LogP contribution >= 0.6 is 0 Å². The van der Waals surface area contributed by atoms with Crippen molar-refractivity contribution < 1.29 is 19.1 Å². The molecule has 1 aromatic rings. The standard InChI is InChI=1S/C13H15FN2O3/c1-3-5-10(12(17)18)15-13(19)16-11-8(2)6-4-7-9(11)14/h3-4,6-7,10H,1,5H2,2H3,(H,17,18)(H2,15,16,19). The highest BCUT2D eigenvalue weighted by atomic mass is 19.1. The van der Waals surface area contributed by atoms with Crippen LogP contribution in [-0.4, -0.2) is 23.1 Å². The molecule has 0 saturated heterocycles. The lowest BCUT2D eigenvalue weighted by Crippen LogP contribution is -2.42. The van der Waals surface area contributed by atoms with E-state index in [1.807, 2.05) is 0 Å². The van der Waals surface area contributed by atoms with Gasteiger partial charge in [0.2, 0.25) is 0 Å². The van der Waals surface area contributed by atoms with E-state index in [4.69, 9.17) is 5.11 Å². The number of benzene rings is 1. The summed E-state index contributed by atoms with van der Waals surface area (Å²) in [5.41, 5.74) is 0.577. The summed E-state index contributed by atoms with van der Waals surface area (Å²) in [6.07, 6.45) is 1.46. The van der Waals surface area contributed by atoms with E-state index < -0.39 is 23.9 Å². The number of aryl methyl sites for hydroxylation is 1. The van der Waals surface area contributed by atoms with Crippen LogP contribution in [0.1, 0.15) is 12.0 Å². The van der Waals surface area contributed by atoms with Crippen LogP contribution in [0.3, 0.4) is 0 Å². The van der Waals surface area contributed by atoms with Gasteiger partial charge in [0.1, 0.15) is 11.9 Å². The number of amides is 2. The molecular formula is C13H15FN2O3. The SMILES string of the molecule is C=CCC(NC(=O)Nc1c(C)cccc1F)C(=O)O. The minimum atomic E-state index is -1.18. The first-order valence-corrected chi connectivity index (χ1v) is 5.62. The predicted octanol–water partition coefficient (Wildman–Crippen LogP) is 2.28. The highest BCUT2D eigenvalue weighted by Crippen LogP contribution is 2.18. The van der Waals surface area contributed by atoms with Crippen LogP contribution < -0.4 is 10.6 Å². The number of carbonyl (C=O) groups excluding carboxylic acids is 1. The topological polar surface area (TPSA) is 78.4 Å². The minimum Gasteiger partial charge on any atom is -0.480 e. The van der Waals surface area contributed by atoms with Gasteiger partial charge in [0, 0.05) is 0 Å². The second kappa shape index (κ2) is 6.53. The van der Waals surface area contributed by atoms with Crippen LogP contribution in [0, 0.1) is 12.7 Å². The van der Waals surface area contributed by atoms with Crippen LogP contribution in [0.2, 0.25) is 0 Å². The molecule has 1 unspecified atom stereocenters. The summed E-state index contributed by atoms with van der Waals surface area (Å²) in [6.45, 7) is 5.04. The molecule has 19 heavy (non-hydrogen) atoms. The summed E-state index contributed by atoms with van der Waals surface area (Å²) in [4.78, 5) is 22.5. The third kappa shape index (κ3) is 4.09. The highest BCUT2D eigenvalue weighted by molar-refractivity contribution is 5.93. The van der Waals surface area contributed by atoms with Gasteiger partial charge in [-0.2, -0.15) is 0 Å². The zero-order chi connectivity index (χ0) is 14.4. The third-order valence-corrected chi connectivity index (χ3v) is 2.47. The van der Waals surface area contributed by atoms with Gasteiger partial charge in [0.15, 0.2) is 0 Å². The number of carbonyl (C=O) groups is 2. The number of aliphatic carboxylic acids is 1. The summed E-state index contributed by atoms with van der Waals surface area (Å²) < 4.78 is 13.5. The Labute approximate surface area is 110 Å². The maximum atomic E-state index is 13.5. The van der Waals surface area contributed by atoms with Gasteiger partial charge in [-0.25, -0.2) is 14.0 Å². The van der Waals surface area contributed by atoms with Gasteiger partial charge in [0.05, 0.1) is 5.69 Å². The van der Waals surface area contributed by atoms with E-state index in [2.05, 4.69) is 17.2 Å². The molecule has 2 amide bonds. The van der Waals surface area contributed by atoms with Crippen molar-refractivity contribution in [1.29, 1.82) is 0 Å². The Bertz CT molecular complexity index is 482. The van der Waals surface area contributed by atoms with E-state index >= 15 is 0 Å². The fraction of sp³-hybridized carbons (Fsp3) is 0.231. The fourth-order valence-corrected chi connectivity index (χ4v) is 1.49. The molecule has 1 aromatic carbocycles. The Kier molecular flexibility index (Phi) is 5.05. The van der Waals surface area contributed by atoms with E-state index in [1.165, 1.54) is 18.2 Å². The maximum Gasteiger partial charge on any atom is 0.326 e. The van der Waals surface area contributed by atoms with Crippen LogP contribution in [0.5, 0.6) is 0 Å². The molecule has 3 N–H and O–H groups in total. The van der Waals surface area contributed by atoms with Crippen LogP contribution in [0.25, 0.3) is 0 Å². The second-order valence-corrected chi connectivity index (χ2v) is 3.95. The first kappa shape index (κ1) is 14.7. The molecule has 0 spiro atoms. The number of anilines is 1. The fourth-order valence-electron chi connectivity index (χ4n) is 1.49. The summed E-state index contributed by atoms with van der Waals surface area (Å²) >= 11 is 0. The Morgan fingerprint density at radius 2 is 2.21 bits per heavy atom. The number of hydrogen-bond acceptors (Lipinski definition) is 2. The monoisotopic (exact) mass is 266 g/mol. The van der Waals surface area contributed by atoms with Crippen molar-refractivity contribution in [3.8, 4) is 0 Å². The van der Waals surface area contributed by atoms with Gasteiger partial charge in [-0.3, -0.25) is 0 Å². The number of halogens is 1. The third-order valence-electron chi connectivity index (χ3n) is 2.47. The van der Waals surface area contributed by atoms with E-state index in [-0.39, 0.29) is 12.1 Å². The van der Waals surface area contributed by atoms with Crippen molar-refractivity contribution in [3.63, 3.8) is 0 Å². The lowest BCUT2D eigenvalue weighted by molar-refractivity contribution is -0.139. The Balaban J connectivity index is 2.74. The van der Waals surface area contributed by atoms with Gasteiger partial charge < -0.3 is 15.7 Å². The summed E-state index contributed by atoms with van der Waals surface area (Å²) in [6, 6.07) is 2.50. The predicted molar refractivity (Wildman–Crippen MR) is 69.5 cm³/mol. The Morgan fingerprint density at radius 1 is 1.53 bits per heavy atom. The van der Waals surface area contributed by atoms with Gasteiger partial charge in [0.25, 0.3) is 0 Å². The minimum absolute atomic E-state index is 0.0303. The lowest BCUT2D eigenvalue weighted by atomic mass is 10.2. The number of nitrogens with one attached hydrogen (secondary N) is 2. The number of carboxylic acid groups (broad SMARTS) is 1. The zero-order valence-electron chi connectivity index (χ0n) is 10.4. The highest BCUT2D eigenvalue weighted by Gasteiger charge is 2.19. The largest absolute Gasteiger partial charge is 0.480 e. The van der Waals surface area contributed by atoms with Gasteiger partial charge in [-0.1, -0.05) is 18.2 Å². The number of urea groups is 1. The number of carboxylic acids is 1. The van der Waals surface area contributed by atoms with E-state index in [0.29, 0.717) is 5.56 Å². The molecule has 0 fully saturated rings. The molecule has 0 saturated carbocycles. The maximum absolute atomic E-state index is 13.5. The quantitative estimate of drug-likeness (QED) is 0.715. The van der Waals surface area contributed by atoms with E-state index in [9.17, 15) is 14.0 Å². The molecule has 0 aliphatic carbocycles. The van der Waals surface area contributed by atoms with E-state index in [0.717, 1.165) is 0 Å². The van der Waals surface area contributed by atoms with Crippen LogP contribution in [0.4, 0.5) is 14.9 Å². The zero-order valence-corrected chi connectivity index (χ0v) is 10.4. The number of hydrogen-bond donors (Lipinski definition) is 3. The van der Waals surface area contributed by atoms with Gasteiger partial charge in [-0.15, -0.1) is 6.58 Å². The van der Waals surface area contributed by atoms with Gasteiger partial charge >= 0.3 is 12.0 Å². The summed E-state index contributed by atoms with van der Waals surface area (Å²) in [7, 11) is 0. The molecule has 0 aliphatic rings. The smallest absolute Gasteiger partial charge is 0.326 e. The first-order valence-electron chi connectivity index (χ1n) is 5.62. The van der Waals surface area contributed by atoms with Crippen molar-refractivity contribution >= 4 is 17.7 Å². The van der Waals surface area contributed by atoms with Crippen LogP contribution in [-0.2, 0) is 4.79 Å². The Morgan fingerprint density at radius 3 is 2.74 bits per heavy atom. The van der Waals surface area contributed by atoms with Crippen LogP contribution in [0.15, 0.2) is 30.9 Å². The molecule has 0 bridgehead atoms. The van der Waals surface area contributed by atoms with Crippen molar-refractivity contribution in [3.05, 3.63) is 42.2 Å². The summed E-state index contributed by atoms with van der Waals surface area (Å²) in [5.74, 6) is -1.76. The van der Waals surface area contributed by atoms with Crippen molar-refractivity contribution in [2.75, 3.05) is 5.32 Å².